The molecule has 1 N–H and O–H groups in total. The van der Waals surface area contributed by atoms with Gasteiger partial charge in [0.05, 0.1) is 5.69 Å². The van der Waals surface area contributed by atoms with Gasteiger partial charge in [-0.2, -0.15) is 0 Å². The minimum atomic E-state index is -1.16. The Balaban J connectivity index is 2.07. The highest BCUT2D eigenvalue weighted by atomic mass is 79.9. The number of benzene rings is 2. The molecular formula is C14H10BrNO2. The third kappa shape index (κ3) is 1.69. The number of alkyl halides is 1. The Hall–Kier alpha value is -1.81. The zero-order valence-corrected chi connectivity index (χ0v) is 11.0. The van der Waals surface area contributed by atoms with Crippen LogP contribution >= 0.6 is 15.9 Å². The number of fused-ring (bicyclic) bond motifs is 1. The van der Waals surface area contributed by atoms with Crippen molar-refractivity contribution in [1.82, 2.24) is 0 Å². The maximum Gasteiger partial charge on any atom is 0.284 e. The minimum Gasteiger partial charge on any atom is -0.460 e. The van der Waals surface area contributed by atoms with Crippen LogP contribution in [0.25, 0.3) is 0 Å². The van der Waals surface area contributed by atoms with Gasteiger partial charge in [0.25, 0.3) is 10.4 Å². The van der Waals surface area contributed by atoms with Crippen molar-refractivity contribution in [1.29, 1.82) is 0 Å². The van der Waals surface area contributed by atoms with Crippen molar-refractivity contribution in [2.24, 2.45) is 0 Å². The normalized spacial score (nSPS) is 21.7. The zero-order valence-electron chi connectivity index (χ0n) is 9.39. The number of hydrogen-bond acceptors (Lipinski definition) is 2. The van der Waals surface area contributed by atoms with Gasteiger partial charge < -0.3 is 10.1 Å². The highest BCUT2D eigenvalue weighted by Gasteiger charge is 2.43. The zero-order chi connectivity index (χ0) is 12.6. The maximum atomic E-state index is 12.2. The first-order valence-corrected chi connectivity index (χ1v) is 6.33. The van der Waals surface area contributed by atoms with Crippen molar-refractivity contribution in [3.63, 3.8) is 0 Å². The van der Waals surface area contributed by atoms with Crippen LogP contribution in [0.5, 0.6) is 5.75 Å². The van der Waals surface area contributed by atoms with Crippen LogP contribution in [0.1, 0.15) is 5.56 Å². The van der Waals surface area contributed by atoms with Crippen molar-refractivity contribution in [2.75, 3.05) is 5.32 Å². The van der Waals surface area contributed by atoms with E-state index in [0.29, 0.717) is 11.4 Å². The molecule has 0 radical (unpaired) electrons. The van der Waals surface area contributed by atoms with Gasteiger partial charge in [0.15, 0.2) is 0 Å². The molecule has 1 amide bonds. The van der Waals surface area contributed by atoms with Crippen LogP contribution in [0.15, 0.2) is 54.6 Å². The molecule has 4 heteroatoms. The fraction of sp³-hybridized carbons (Fsp3) is 0.0714. The molecule has 0 fully saturated rings. The van der Waals surface area contributed by atoms with Gasteiger partial charge in [-0.1, -0.05) is 42.5 Å². The SMILES string of the molecule is O=C1Nc2ccccc2OC1(Br)c1ccccc1. The van der Waals surface area contributed by atoms with E-state index in [1.165, 1.54) is 0 Å². The van der Waals surface area contributed by atoms with Crippen molar-refractivity contribution in [3.05, 3.63) is 60.2 Å². The number of halogens is 1. The maximum absolute atomic E-state index is 12.2. The number of nitrogens with one attached hydrogen (secondary N) is 1. The summed E-state index contributed by atoms with van der Waals surface area (Å²) < 4.78 is 4.66. The lowest BCUT2D eigenvalue weighted by atomic mass is 10.1. The predicted octanol–water partition coefficient (Wildman–Crippen LogP) is 3.27. The second-order valence-electron chi connectivity index (χ2n) is 4.01. The molecular weight excluding hydrogens is 294 g/mol. The Morgan fingerprint density at radius 1 is 1.00 bits per heavy atom. The quantitative estimate of drug-likeness (QED) is 0.821. The summed E-state index contributed by atoms with van der Waals surface area (Å²) in [6.45, 7) is 0. The summed E-state index contributed by atoms with van der Waals surface area (Å²) in [6, 6.07) is 16.7. The average molecular weight is 304 g/mol. The van der Waals surface area contributed by atoms with Crippen molar-refractivity contribution in [3.8, 4) is 5.75 Å². The van der Waals surface area contributed by atoms with E-state index in [9.17, 15) is 4.79 Å². The number of ether oxygens (including phenoxy) is 1. The molecule has 1 aliphatic rings. The Bertz CT molecular complexity index is 600. The lowest BCUT2D eigenvalue weighted by Crippen LogP contribution is -2.43. The molecule has 1 heterocycles. The van der Waals surface area contributed by atoms with Crippen molar-refractivity contribution in [2.45, 2.75) is 4.51 Å². The van der Waals surface area contributed by atoms with E-state index in [1.54, 1.807) is 0 Å². The first-order chi connectivity index (χ1) is 8.70. The Morgan fingerprint density at radius 3 is 2.44 bits per heavy atom. The summed E-state index contributed by atoms with van der Waals surface area (Å²) in [5, 5.41) is 2.84. The summed E-state index contributed by atoms with van der Waals surface area (Å²) >= 11 is 3.41. The first kappa shape index (κ1) is 11.3. The average Bonchev–Trinajstić information content (AvgIpc) is 2.41. The molecule has 0 aliphatic carbocycles. The van der Waals surface area contributed by atoms with Gasteiger partial charge in [0.1, 0.15) is 5.75 Å². The topological polar surface area (TPSA) is 38.3 Å². The number of hydrogen-bond donors (Lipinski definition) is 1. The van der Waals surface area contributed by atoms with Crippen LogP contribution in [-0.2, 0) is 9.30 Å². The van der Waals surface area contributed by atoms with E-state index >= 15 is 0 Å². The summed E-state index contributed by atoms with van der Waals surface area (Å²) in [4.78, 5) is 12.2. The smallest absolute Gasteiger partial charge is 0.284 e. The van der Waals surface area contributed by atoms with E-state index < -0.39 is 4.51 Å². The molecule has 0 saturated carbocycles. The monoisotopic (exact) mass is 303 g/mol. The number of carbonyl (C=O) groups excluding carboxylic acids is 1. The lowest BCUT2D eigenvalue weighted by molar-refractivity contribution is -0.125. The standard InChI is InChI=1S/C14H10BrNO2/c15-14(10-6-2-1-3-7-10)13(17)16-11-8-4-5-9-12(11)18-14/h1-9H,(H,16,17). The van der Waals surface area contributed by atoms with E-state index in [-0.39, 0.29) is 5.91 Å². The van der Waals surface area contributed by atoms with Crippen LogP contribution in [0.2, 0.25) is 0 Å². The van der Waals surface area contributed by atoms with Crippen molar-refractivity contribution < 1.29 is 9.53 Å². The minimum absolute atomic E-state index is 0.229. The molecule has 2 aromatic carbocycles. The molecule has 1 unspecified atom stereocenters. The van der Waals surface area contributed by atoms with Gasteiger partial charge >= 0.3 is 0 Å². The van der Waals surface area contributed by atoms with Gasteiger partial charge in [-0.3, -0.25) is 4.79 Å². The molecule has 2 aromatic rings. The first-order valence-electron chi connectivity index (χ1n) is 5.54. The van der Waals surface area contributed by atoms with Gasteiger partial charge in [-0.25, -0.2) is 0 Å². The van der Waals surface area contributed by atoms with E-state index in [4.69, 9.17) is 4.74 Å². The van der Waals surface area contributed by atoms with Crippen LogP contribution in [0, 0.1) is 0 Å². The molecule has 18 heavy (non-hydrogen) atoms. The number of carbonyl (C=O) groups is 1. The third-order valence-corrected chi connectivity index (χ3v) is 3.80. The molecule has 1 atom stereocenters. The number of amides is 1. The van der Waals surface area contributed by atoms with Gasteiger partial charge in [-0.05, 0) is 28.1 Å². The van der Waals surface area contributed by atoms with Crippen LogP contribution in [-0.4, -0.2) is 5.91 Å². The van der Waals surface area contributed by atoms with E-state index in [2.05, 4.69) is 21.2 Å². The number of para-hydroxylation sites is 2. The van der Waals surface area contributed by atoms with E-state index in [1.807, 2.05) is 54.6 Å². The molecule has 90 valence electrons. The van der Waals surface area contributed by atoms with Gasteiger partial charge in [0.2, 0.25) is 0 Å². The van der Waals surface area contributed by atoms with Crippen LogP contribution in [0.4, 0.5) is 5.69 Å². The molecule has 3 nitrogen and oxygen atoms in total. The molecule has 1 aliphatic heterocycles. The molecule has 0 aromatic heterocycles. The predicted molar refractivity (Wildman–Crippen MR) is 72.7 cm³/mol. The van der Waals surface area contributed by atoms with Crippen LogP contribution < -0.4 is 10.1 Å². The molecule has 0 saturated heterocycles. The Morgan fingerprint density at radius 2 is 1.67 bits per heavy atom. The molecule has 0 bridgehead atoms. The fourth-order valence-corrected chi connectivity index (χ4v) is 2.44. The van der Waals surface area contributed by atoms with Crippen molar-refractivity contribution >= 4 is 27.5 Å². The Kier molecular flexibility index (Phi) is 2.59. The summed E-state index contributed by atoms with van der Waals surface area (Å²) in [5.74, 6) is 0.422. The molecule has 3 rings (SSSR count). The Labute approximate surface area is 113 Å². The van der Waals surface area contributed by atoms with Gasteiger partial charge in [-0.15, -0.1) is 0 Å². The highest BCUT2D eigenvalue weighted by Crippen LogP contribution is 2.42. The molecule has 0 spiro atoms. The lowest BCUT2D eigenvalue weighted by Gasteiger charge is -2.33. The fourth-order valence-electron chi connectivity index (χ4n) is 1.90. The highest BCUT2D eigenvalue weighted by molar-refractivity contribution is 9.10. The third-order valence-electron chi connectivity index (χ3n) is 2.82. The number of anilines is 1. The van der Waals surface area contributed by atoms with Crippen LogP contribution in [0.3, 0.4) is 0 Å². The van der Waals surface area contributed by atoms with Gasteiger partial charge in [0, 0.05) is 5.56 Å². The summed E-state index contributed by atoms with van der Waals surface area (Å²) in [5.41, 5.74) is 1.45. The summed E-state index contributed by atoms with van der Waals surface area (Å²) in [7, 11) is 0. The number of rotatable bonds is 1. The second-order valence-corrected chi connectivity index (χ2v) is 5.13. The second kappa shape index (κ2) is 4.14. The largest absolute Gasteiger partial charge is 0.460 e. The summed E-state index contributed by atoms with van der Waals surface area (Å²) in [6.07, 6.45) is 0. The van der Waals surface area contributed by atoms with E-state index in [0.717, 1.165) is 5.56 Å².